The Morgan fingerprint density at radius 2 is 2.23 bits per heavy atom. The first kappa shape index (κ1) is 7.57. The molecule has 0 bridgehead atoms. The molecule has 68 valence electrons. The lowest BCUT2D eigenvalue weighted by molar-refractivity contribution is 0.198. The van der Waals surface area contributed by atoms with E-state index in [4.69, 9.17) is 4.74 Å². The van der Waals surface area contributed by atoms with E-state index in [9.17, 15) is 0 Å². The largest absolute Gasteiger partial charge is 0.361 e. The second kappa shape index (κ2) is 2.36. The quantitative estimate of drug-likeness (QED) is 0.596. The Hall–Kier alpha value is -0.820. The summed E-state index contributed by atoms with van der Waals surface area (Å²) in [5.41, 5.74) is 3.00. The van der Waals surface area contributed by atoms with Crippen LogP contribution in [0, 0.1) is 6.92 Å². The van der Waals surface area contributed by atoms with Gasteiger partial charge in [0.1, 0.15) is 6.10 Å². The number of hydrogen-bond acceptors (Lipinski definition) is 1. The highest BCUT2D eigenvalue weighted by Crippen LogP contribution is 2.61. The van der Waals surface area contributed by atoms with Crippen LogP contribution in [-0.2, 0) is 4.74 Å². The van der Waals surface area contributed by atoms with E-state index in [2.05, 4.69) is 31.2 Å². The zero-order chi connectivity index (χ0) is 8.89. The summed E-state index contributed by atoms with van der Waals surface area (Å²) in [7, 11) is 0. The molecule has 3 rings (SSSR count). The molecule has 1 aliphatic carbocycles. The molecule has 13 heavy (non-hydrogen) atoms. The molecule has 0 aromatic heterocycles. The van der Waals surface area contributed by atoms with E-state index < -0.39 is 0 Å². The van der Waals surface area contributed by atoms with Gasteiger partial charge < -0.3 is 4.74 Å². The lowest BCUT2D eigenvalue weighted by Crippen LogP contribution is -2.22. The molecule has 0 amide bonds. The third-order valence-electron chi connectivity index (χ3n) is 3.32. The summed E-state index contributed by atoms with van der Waals surface area (Å²) in [4.78, 5) is 0. The lowest BCUT2D eigenvalue weighted by atomic mass is 9.80. The zero-order valence-corrected chi connectivity index (χ0v) is 7.92. The SMILES string of the molecule is Cc1cccc([C@H]2OC23CCC3)c1. The molecule has 1 saturated heterocycles. The van der Waals surface area contributed by atoms with Crippen molar-refractivity contribution in [2.24, 2.45) is 0 Å². The van der Waals surface area contributed by atoms with E-state index in [0.717, 1.165) is 0 Å². The number of aryl methyl sites for hydroxylation is 1. The Morgan fingerprint density at radius 1 is 1.38 bits per heavy atom. The molecule has 1 aromatic rings. The summed E-state index contributed by atoms with van der Waals surface area (Å²) in [5.74, 6) is 0. The highest BCUT2D eigenvalue weighted by Gasteiger charge is 2.60. The van der Waals surface area contributed by atoms with Crippen molar-refractivity contribution >= 4 is 0 Å². The molecule has 1 nitrogen and oxygen atoms in total. The second-order valence-corrected chi connectivity index (χ2v) is 4.33. The predicted octanol–water partition coefficient (Wildman–Crippen LogP) is 2.99. The third kappa shape index (κ3) is 1.03. The van der Waals surface area contributed by atoms with Gasteiger partial charge in [-0.2, -0.15) is 0 Å². The van der Waals surface area contributed by atoms with E-state index in [0.29, 0.717) is 6.10 Å². The number of benzene rings is 1. The number of rotatable bonds is 1. The van der Waals surface area contributed by atoms with Crippen LogP contribution in [0.3, 0.4) is 0 Å². The lowest BCUT2D eigenvalue weighted by Gasteiger charge is -2.21. The van der Waals surface area contributed by atoms with Gasteiger partial charge in [-0.1, -0.05) is 29.8 Å². The third-order valence-corrected chi connectivity index (χ3v) is 3.32. The van der Waals surface area contributed by atoms with Crippen LogP contribution in [0.25, 0.3) is 0 Å². The van der Waals surface area contributed by atoms with Crippen LogP contribution < -0.4 is 0 Å². The van der Waals surface area contributed by atoms with Gasteiger partial charge >= 0.3 is 0 Å². The van der Waals surface area contributed by atoms with Crippen molar-refractivity contribution in [1.82, 2.24) is 0 Å². The molecule has 1 heterocycles. The number of ether oxygens (including phenoxy) is 1. The molecule has 2 fully saturated rings. The van der Waals surface area contributed by atoms with Gasteiger partial charge in [-0.3, -0.25) is 0 Å². The van der Waals surface area contributed by atoms with Gasteiger partial charge in [-0.15, -0.1) is 0 Å². The molecule has 0 unspecified atom stereocenters. The zero-order valence-electron chi connectivity index (χ0n) is 7.92. The molecule has 1 aromatic carbocycles. The Bertz CT molecular complexity index is 339. The summed E-state index contributed by atoms with van der Waals surface area (Å²) >= 11 is 0. The van der Waals surface area contributed by atoms with Gasteiger partial charge in [0.15, 0.2) is 0 Å². The number of epoxide rings is 1. The fraction of sp³-hybridized carbons (Fsp3) is 0.500. The molecule has 2 aliphatic rings. The van der Waals surface area contributed by atoms with Crippen LogP contribution in [-0.4, -0.2) is 5.60 Å². The molecular formula is C12H14O. The Kier molecular flexibility index (Phi) is 1.37. The highest BCUT2D eigenvalue weighted by atomic mass is 16.6. The van der Waals surface area contributed by atoms with E-state index in [1.165, 1.54) is 30.4 Å². The van der Waals surface area contributed by atoms with Crippen molar-refractivity contribution < 1.29 is 4.74 Å². The first-order valence-electron chi connectivity index (χ1n) is 5.05. The first-order chi connectivity index (χ1) is 6.30. The summed E-state index contributed by atoms with van der Waals surface area (Å²) < 4.78 is 5.78. The molecule has 1 saturated carbocycles. The smallest absolute Gasteiger partial charge is 0.112 e. The van der Waals surface area contributed by atoms with Crippen LogP contribution in [0.5, 0.6) is 0 Å². The monoisotopic (exact) mass is 174 g/mol. The van der Waals surface area contributed by atoms with Gasteiger partial charge in [-0.05, 0) is 31.7 Å². The minimum atomic E-state index is 0.286. The molecule has 1 aliphatic heterocycles. The maximum Gasteiger partial charge on any atom is 0.112 e. The van der Waals surface area contributed by atoms with E-state index in [1.54, 1.807) is 0 Å². The summed E-state index contributed by atoms with van der Waals surface area (Å²) in [6.07, 6.45) is 4.31. The molecule has 0 radical (unpaired) electrons. The molecule has 1 atom stereocenters. The van der Waals surface area contributed by atoms with Gasteiger partial charge in [0.2, 0.25) is 0 Å². The second-order valence-electron chi connectivity index (χ2n) is 4.33. The van der Waals surface area contributed by atoms with Crippen LogP contribution in [0.15, 0.2) is 24.3 Å². The first-order valence-corrected chi connectivity index (χ1v) is 5.05. The average Bonchev–Trinajstić information content (AvgIpc) is 2.77. The van der Waals surface area contributed by atoms with E-state index >= 15 is 0 Å². The Balaban J connectivity index is 1.87. The van der Waals surface area contributed by atoms with E-state index in [-0.39, 0.29) is 5.60 Å². The van der Waals surface area contributed by atoms with Gasteiger partial charge in [-0.25, -0.2) is 0 Å². The van der Waals surface area contributed by atoms with Crippen molar-refractivity contribution in [1.29, 1.82) is 0 Å². The van der Waals surface area contributed by atoms with Crippen LogP contribution in [0.2, 0.25) is 0 Å². The van der Waals surface area contributed by atoms with Crippen LogP contribution in [0.4, 0.5) is 0 Å². The van der Waals surface area contributed by atoms with Crippen molar-refractivity contribution in [3.8, 4) is 0 Å². The fourth-order valence-electron chi connectivity index (χ4n) is 2.31. The topological polar surface area (TPSA) is 12.5 Å². The van der Waals surface area contributed by atoms with Gasteiger partial charge in [0, 0.05) is 0 Å². The van der Waals surface area contributed by atoms with Crippen molar-refractivity contribution in [3.63, 3.8) is 0 Å². The number of hydrogen-bond donors (Lipinski definition) is 0. The maximum atomic E-state index is 5.78. The molecule has 1 spiro atoms. The van der Waals surface area contributed by atoms with Crippen LogP contribution in [0.1, 0.15) is 36.5 Å². The van der Waals surface area contributed by atoms with Crippen LogP contribution >= 0.6 is 0 Å². The highest BCUT2D eigenvalue weighted by molar-refractivity contribution is 5.31. The van der Waals surface area contributed by atoms with Gasteiger partial charge in [0.25, 0.3) is 0 Å². The fourth-order valence-corrected chi connectivity index (χ4v) is 2.31. The predicted molar refractivity (Wildman–Crippen MR) is 51.6 cm³/mol. The minimum Gasteiger partial charge on any atom is -0.361 e. The summed E-state index contributed by atoms with van der Waals surface area (Å²) in [6, 6.07) is 8.69. The maximum absolute atomic E-state index is 5.78. The van der Waals surface area contributed by atoms with Crippen molar-refractivity contribution in [2.75, 3.05) is 0 Å². The standard InChI is InChI=1S/C12H14O/c1-9-4-2-5-10(8-9)11-12(13-11)6-3-7-12/h2,4-5,8,11H,3,6-7H2,1H3/t11-/m1/s1. The molecule has 0 N–H and O–H groups in total. The van der Waals surface area contributed by atoms with Crippen molar-refractivity contribution in [3.05, 3.63) is 35.4 Å². The summed E-state index contributed by atoms with van der Waals surface area (Å²) in [6.45, 7) is 2.14. The summed E-state index contributed by atoms with van der Waals surface area (Å²) in [5, 5.41) is 0. The minimum absolute atomic E-state index is 0.286. The Labute approximate surface area is 78.7 Å². The average molecular weight is 174 g/mol. The normalized spacial score (nSPS) is 28.5. The Morgan fingerprint density at radius 3 is 2.77 bits per heavy atom. The van der Waals surface area contributed by atoms with Gasteiger partial charge in [0.05, 0.1) is 5.60 Å². The molecule has 1 heteroatoms. The molecular weight excluding hydrogens is 160 g/mol. The van der Waals surface area contributed by atoms with Crippen molar-refractivity contribution in [2.45, 2.75) is 37.9 Å². The van der Waals surface area contributed by atoms with E-state index in [1.807, 2.05) is 0 Å².